The minimum absolute atomic E-state index is 0.0184. The molecule has 164 valence electrons. The molecule has 3 aromatic rings. The molecule has 0 spiro atoms. The summed E-state index contributed by atoms with van der Waals surface area (Å²) in [7, 11) is 1.63. The van der Waals surface area contributed by atoms with Crippen molar-refractivity contribution in [2.75, 3.05) is 33.4 Å². The Bertz CT molecular complexity index is 1150. The molecule has 0 saturated carbocycles. The van der Waals surface area contributed by atoms with Gasteiger partial charge in [0.05, 0.1) is 23.9 Å². The minimum Gasteiger partial charge on any atom is -0.474 e. The van der Waals surface area contributed by atoms with Crippen LogP contribution in [0.25, 0.3) is 11.3 Å². The fraction of sp³-hybridized carbons (Fsp3) is 0.320. The minimum atomic E-state index is 0.0184. The molecule has 4 rings (SSSR count). The number of methoxy groups -OCH3 is 1. The second-order valence-electron chi connectivity index (χ2n) is 8.04. The summed E-state index contributed by atoms with van der Waals surface area (Å²) in [5.74, 6) is 0.865. The summed E-state index contributed by atoms with van der Waals surface area (Å²) in [4.78, 5) is 14.9. The number of carbonyl (C=O) groups is 1. The number of ether oxygens (including phenoxy) is 2. The zero-order valence-corrected chi connectivity index (χ0v) is 18.5. The van der Waals surface area contributed by atoms with Crippen LogP contribution < -0.4 is 4.74 Å². The third-order valence-electron chi connectivity index (χ3n) is 5.93. The summed E-state index contributed by atoms with van der Waals surface area (Å²) in [6.45, 7) is 6.23. The lowest BCUT2D eigenvalue weighted by Crippen LogP contribution is -2.48. The maximum absolute atomic E-state index is 13.1. The number of nitriles is 1. The molecular weight excluding hydrogens is 404 g/mol. The van der Waals surface area contributed by atoms with Gasteiger partial charge in [-0.25, -0.2) is 0 Å². The van der Waals surface area contributed by atoms with E-state index in [4.69, 9.17) is 14.7 Å². The van der Waals surface area contributed by atoms with Crippen molar-refractivity contribution in [2.45, 2.75) is 19.8 Å². The van der Waals surface area contributed by atoms with Gasteiger partial charge in [-0.05, 0) is 49.2 Å². The third kappa shape index (κ3) is 4.23. The number of nitrogens with one attached hydrogen (secondary N) is 1. The molecule has 32 heavy (non-hydrogen) atoms. The van der Waals surface area contributed by atoms with Gasteiger partial charge in [0.2, 0.25) is 5.88 Å². The fourth-order valence-electron chi connectivity index (χ4n) is 3.90. The van der Waals surface area contributed by atoms with Gasteiger partial charge in [-0.2, -0.15) is 5.26 Å². The van der Waals surface area contributed by atoms with Gasteiger partial charge < -0.3 is 14.4 Å². The van der Waals surface area contributed by atoms with Crippen LogP contribution in [0.5, 0.6) is 5.88 Å². The highest BCUT2D eigenvalue weighted by Crippen LogP contribution is 2.32. The zero-order chi connectivity index (χ0) is 22.7. The molecule has 0 unspecified atom stereocenters. The van der Waals surface area contributed by atoms with Gasteiger partial charge >= 0.3 is 0 Å². The van der Waals surface area contributed by atoms with Gasteiger partial charge in [0, 0.05) is 42.8 Å². The van der Waals surface area contributed by atoms with Crippen molar-refractivity contribution in [3.05, 3.63) is 70.3 Å². The summed E-state index contributed by atoms with van der Waals surface area (Å²) in [6, 6.07) is 15.5. The van der Waals surface area contributed by atoms with E-state index in [0.29, 0.717) is 49.2 Å². The van der Waals surface area contributed by atoms with Gasteiger partial charge in [-0.1, -0.05) is 18.2 Å². The molecule has 1 fully saturated rings. The van der Waals surface area contributed by atoms with Gasteiger partial charge in [0.25, 0.3) is 5.91 Å². The number of aromatic nitrogens is 2. The lowest BCUT2D eigenvalue weighted by atomic mass is 9.90. The molecule has 2 heterocycles. The molecule has 0 bridgehead atoms. The largest absolute Gasteiger partial charge is 0.474 e. The molecule has 1 saturated heterocycles. The van der Waals surface area contributed by atoms with Crippen LogP contribution in [0.15, 0.2) is 42.5 Å². The maximum atomic E-state index is 13.1. The number of hydrogen-bond acceptors (Lipinski definition) is 5. The van der Waals surface area contributed by atoms with Crippen molar-refractivity contribution >= 4 is 5.91 Å². The summed E-state index contributed by atoms with van der Waals surface area (Å²) in [5, 5.41) is 16.3. The highest BCUT2D eigenvalue weighted by Gasteiger charge is 2.32. The van der Waals surface area contributed by atoms with Gasteiger partial charge in [-0.15, -0.1) is 5.10 Å². The summed E-state index contributed by atoms with van der Waals surface area (Å²) in [5.41, 5.74) is 6.20. The normalized spacial score (nSPS) is 13.5. The Balaban J connectivity index is 1.47. The van der Waals surface area contributed by atoms with Crippen molar-refractivity contribution in [3.63, 3.8) is 0 Å². The molecule has 1 amide bonds. The van der Waals surface area contributed by atoms with Gasteiger partial charge in [0.15, 0.2) is 0 Å². The molecule has 0 radical (unpaired) electrons. The van der Waals surface area contributed by atoms with Crippen molar-refractivity contribution in [1.82, 2.24) is 15.1 Å². The third-order valence-corrected chi connectivity index (χ3v) is 5.93. The smallest absolute Gasteiger partial charge is 0.253 e. The molecular formula is C25H26N4O3. The fourth-order valence-corrected chi connectivity index (χ4v) is 3.90. The summed E-state index contributed by atoms with van der Waals surface area (Å²) in [6.07, 6.45) is 0. The Hall–Kier alpha value is -3.63. The van der Waals surface area contributed by atoms with E-state index < -0.39 is 0 Å². The van der Waals surface area contributed by atoms with Crippen LogP contribution in [0.1, 0.15) is 38.5 Å². The number of likely N-dealkylation sites (tertiary alicyclic amines) is 1. The Labute approximate surface area is 187 Å². The topological polar surface area (TPSA) is 91.2 Å². The molecule has 1 aliphatic rings. The lowest BCUT2D eigenvalue weighted by Gasteiger charge is -2.39. The number of aromatic amines is 1. The van der Waals surface area contributed by atoms with Crippen molar-refractivity contribution in [1.29, 1.82) is 5.26 Å². The average molecular weight is 431 g/mol. The second-order valence-corrected chi connectivity index (χ2v) is 8.04. The number of benzene rings is 2. The Kier molecular flexibility index (Phi) is 6.24. The number of nitrogens with zero attached hydrogens (tertiary/aromatic N) is 3. The number of aryl methyl sites for hydroxylation is 1. The Morgan fingerprint density at radius 2 is 1.94 bits per heavy atom. The standard InChI is InChI=1S/C25H26N4O3/c1-16-4-7-20(12-22(16)23-17(2)24(28-27-23)32-11-10-31-3)25(30)29-14-21(15-29)19-8-5-18(13-26)6-9-19/h4-9,12,21H,10-11,14-15H2,1-3H3,(H,27,28). The molecule has 2 aromatic carbocycles. The molecule has 1 aliphatic heterocycles. The van der Waals surface area contributed by atoms with E-state index in [1.807, 2.05) is 61.2 Å². The van der Waals surface area contributed by atoms with Gasteiger partial charge in [0.1, 0.15) is 6.61 Å². The van der Waals surface area contributed by atoms with E-state index in [-0.39, 0.29) is 5.91 Å². The number of H-pyrrole nitrogens is 1. The molecule has 0 aliphatic carbocycles. The van der Waals surface area contributed by atoms with E-state index in [2.05, 4.69) is 16.3 Å². The highest BCUT2D eigenvalue weighted by atomic mass is 16.5. The molecule has 0 atom stereocenters. The van der Waals surface area contributed by atoms with Crippen LogP contribution in [-0.2, 0) is 4.74 Å². The molecule has 1 N–H and O–H groups in total. The van der Waals surface area contributed by atoms with Crippen LogP contribution in [-0.4, -0.2) is 54.4 Å². The first-order valence-electron chi connectivity index (χ1n) is 10.6. The second kappa shape index (κ2) is 9.25. The Morgan fingerprint density at radius 1 is 1.19 bits per heavy atom. The number of carbonyl (C=O) groups excluding carboxylic acids is 1. The first-order valence-corrected chi connectivity index (χ1v) is 10.6. The average Bonchev–Trinajstić information content (AvgIpc) is 3.14. The zero-order valence-electron chi connectivity index (χ0n) is 18.5. The quantitative estimate of drug-likeness (QED) is 0.575. The number of hydrogen-bond donors (Lipinski definition) is 1. The molecule has 1 aromatic heterocycles. The van der Waals surface area contributed by atoms with Crippen molar-refractivity contribution in [3.8, 4) is 23.2 Å². The van der Waals surface area contributed by atoms with Crippen molar-refractivity contribution in [2.24, 2.45) is 0 Å². The Morgan fingerprint density at radius 3 is 2.62 bits per heavy atom. The van der Waals surface area contributed by atoms with E-state index >= 15 is 0 Å². The van der Waals surface area contributed by atoms with Gasteiger partial charge in [-0.3, -0.25) is 9.89 Å². The lowest BCUT2D eigenvalue weighted by molar-refractivity contribution is 0.0602. The maximum Gasteiger partial charge on any atom is 0.253 e. The van der Waals surface area contributed by atoms with Crippen LogP contribution in [0.4, 0.5) is 0 Å². The van der Waals surface area contributed by atoms with E-state index in [0.717, 1.165) is 27.9 Å². The first-order chi connectivity index (χ1) is 15.5. The van der Waals surface area contributed by atoms with Crippen LogP contribution >= 0.6 is 0 Å². The summed E-state index contributed by atoms with van der Waals surface area (Å²) < 4.78 is 10.7. The number of amides is 1. The predicted molar refractivity (Wildman–Crippen MR) is 121 cm³/mol. The molecule has 7 heteroatoms. The van der Waals surface area contributed by atoms with Crippen molar-refractivity contribution < 1.29 is 14.3 Å². The first kappa shape index (κ1) is 21.6. The number of rotatable bonds is 7. The van der Waals surface area contributed by atoms with E-state index in [1.165, 1.54) is 0 Å². The highest BCUT2D eigenvalue weighted by molar-refractivity contribution is 5.96. The van der Waals surface area contributed by atoms with E-state index in [1.54, 1.807) is 7.11 Å². The van der Waals surface area contributed by atoms with E-state index in [9.17, 15) is 4.79 Å². The summed E-state index contributed by atoms with van der Waals surface area (Å²) >= 11 is 0. The van der Waals surface area contributed by atoms with Crippen LogP contribution in [0.2, 0.25) is 0 Å². The monoisotopic (exact) mass is 430 g/mol. The van der Waals surface area contributed by atoms with Crippen LogP contribution in [0, 0.1) is 25.2 Å². The molecule has 7 nitrogen and oxygen atoms in total. The SMILES string of the molecule is COCCOc1n[nH]c(-c2cc(C(=O)N3CC(c4ccc(C#N)cc4)C3)ccc2C)c1C. The van der Waals surface area contributed by atoms with Crippen LogP contribution in [0.3, 0.4) is 0 Å². The predicted octanol–water partition coefficient (Wildman–Crippen LogP) is 3.83.